The lowest BCUT2D eigenvalue weighted by Gasteiger charge is -2.10. The normalized spacial score (nSPS) is 12.9. The molecule has 0 aliphatic carbocycles. The van der Waals surface area contributed by atoms with Crippen molar-refractivity contribution >= 4 is 57.8 Å². The molecule has 0 rings (SSSR count). The maximum absolute atomic E-state index is 8.05. The molecule has 0 spiro atoms. The first-order valence-electron chi connectivity index (χ1n) is 2.73. The van der Waals surface area contributed by atoms with Crippen LogP contribution in [0.25, 0.3) is 0 Å². The lowest BCUT2D eigenvalue weighted by atomic mass is 10.8. The first kappa shape index (κ1) is 16.4. The molecule has 84 valence electrons. The van der Waals surface area contributed by atoms with E-state index >= 15 is 0 Å². The van der Waals surface area contributed by atoms with E-state index in [0.29, 0.717) is 0 Å². The molecule has 0 heterocycles. The highest BCUT2D eigenvalue weighted by Crippen LogP contribution is 2.28. The summed E-state index contributed by atoms with van der Waals surface area (Å²) in [7, 11) is 0. The molecule has 0 amide bonds. The third kappa shape index (κ3) is 12.0. The van der Waals surface area contributed by atoms with Gasteiger partial charge in [0.05, 0.1) is 0 Å². The lowest BCUT2D eigenvalue weighted by molar-refractivity contribution is -0.0355. The highest BCUT2D eigenvalue weighted by Gasteiger charge is 2.28. The number of oxime groups is 2. The van der Waals surface area contributed by atoms with Crippen LogP contribution in [0.4, 0.5) is 0 Å². The van der Waals surface area contributed by atoms with Crippen molar-refractivity contribution in [1.29, 1.82) is 0 Å². The zero-order valence-corrected chi connectivity index (χ0v) is 9.37. The number of hydrogen-bond donors (Lipinski definition) is 4. The molecule has 0 aromatic rings. The van der Waals surface area contributed by atoms with E-state index in [9.17, 15) is 0 Å². The van der Waals surface area contributed by atoms with Gasteiger partial charge >= 0.3 is 0 Å². The standard InChI is InChI=1S/C2H3Cl3O2.C2H3ClN2O2/c3-2(4,5)1(6)7;3-2(5-7)1-4-6/h2*1,6-7H/b;4-1+,5-2-. The molecule has 4 N–H and O–H groups in total. The maximum Gasteiger partial charge on any atom is 0.240 e. The monoisotopic (exact) mass is 286 g/mol. The Labute approximate surface area is 98.9 Å². The summed E-state index contributed by atoms with van der Waals surface area (Å²) in [5.41, 5.74) is 0. The van der Waals surface area contributed by atoms with Gasteiger partial charge in [-0.15, -0.1) is 0 Å². The van der Waals surface area contributed by atoms with Gasteiger partial charge in [-0.1, -0.05) is 56.7 Å². The summed E-state index contributed by atoms with van der Waals surface area (Å²) in [6.07, 6.45) is -1.11. The summed E-state index contributed by atoms with van der Waals surface area (Å²) < 4.78 is -1.97. The Morgan fingerprint density at radius 1 is 1.21 bits per heavy atom. The largest absolute Gasteiger partial charge is 0.411 e. The SMILES string of the molecule is O/N=C(Cl)/C=N/O.OC(O)C(Cl)(Cl)Cl. The van der Waals surface area contributed by atoms with E-state index in [1.807, 2.05) is 0 Å². The first-order chi connectivity index (χ1) is 6.25. The Morgan fingerprint density at radius 2 is 1.57 bits per heavy atom. The Balaban J connectivity index is 0. The van der Waals surface area contributed by atoms with Crippen LogP contribution in [0.2, 0.25) is 0 Å². The second-order valence-electron chi connectivity index (χ2n) is 1.58. The van der Waals surface area contributed by atoms with Gasteiger partial charge in [0.1, 0.15) is 6.21 Å². The first-order valence-corrected chi connectivity index (χ1v) is 4.24. The van der Waals surface area contributed by atoms with E-state index in [0.717, 1.165) is 6.21 Å². The van der Waals surface area contributed by atoms with E-state index < -0.39 is 10.1 Å². The van der Waals surface area contributed by atoms with Crippen molar-refractivity contribution in [2.24, 2.45) is 10.3 Å². The molecule has 0 saturated heterocycles. The minimum absolute atomic E-state index is 0.262. The van der Waals surface area contributed by atoms with Crippen LogP contribution in [-0.2, 0) is 0 Å². The van der Waals surface area contributed by atoms with Crippen LogP contribution in [0.5, 0.6) is 0 Å². The molecule has 0 aliphatic rings. The van der Waals surface area contributed by atoms with E-state index in [2.05, 4.69) is 10.3 Å². The zero-order valence-electron chi connectivity index (χ0n) is 6.35. The van der Waals surface area contributed by atoms with E-state index in [1.54, 1.807) is 0 Å². The fourth-order valence-electron chi connectivity index (χ4n) is 0.0735. The van der Waals surface area contributed by atoms with Crippen molar-refractivity contribution in [2.75, 3.05) is 0 Å². The molecule has 10 heteroatoms. The molecule has 0 atom stereocenters. The predicted molar refractivity (Wildman–Crippen MR) is 53.9 cm³/mol. The van der Waals surface area contributed by atoms with Crippen molar-refractivity contribution in [2.45, 2.75) is 10.1 Å². The van der Waals surface area contributed by atoms with Crippen LogP contribution >= 0.6 is 46.4 Å². The van der Waals surface area contributed by atoms with Gasteiger partial charge in [-0.05, 0) is 0 Å². The molecule has 0 aromatic carbocycles. The Hall–Kier alpha value is 0.0200. The fraction of sp³-hybridized carbons (Fsp3) is 0.500. The molecule has 0 saturated carbocycles. The molecule has 0 aliphatic heterocycles. The third-order valence-corrected chi connectivity index (χ3v) is 1.31. The van der Waals surface area contributed by atoms with E-state index in [4.69, 9.17) is 67.0 Å². The maximum atomic E-state index is 8.05. The summed E-state index contributed by atoms with van der Waals surface area (Å²) in [5.74, 6) is 0. The van der Waals surface area contributed by atoms with Crippen molar-refractivity contribution in [3.05, 3.63) is 0 Å². The number of rotatable bonds is 1. The molecule has 0 bridgehead atoms. The quantitative estimate of drug-likeness (QED) is 0.191. The summed E-state index contributed by atoms with van der Waals surface area (Å²) in [6.45, 7) is 0. The zero-order chi connectivity index (χ0) is 11.8. The molecule has 0 radical (unpaired) electrons. The number of aliphatic hydroxyl groups is 2. The second kappa shape index (κ2) is 8.34. The van der Waals surface area contributed by atoms with Crippen molar-refractivity contribution < 1.29 is 20.6 Å². The minimum atomic E-state index is -1.97. The van der Waals surface area contributed by atoms with Gasteiger partial charge in [-0.3, -0.25) is 0 Å². The Kier molecular flexibility index (Phi) is 9.80. The second-order valence-corrected chi connectivity index (χ2v) is 4.34. The number of hydrogen-bond acceptors (Lipinski definition) is 6. The van der Waals surface area contributed by atoms with Gasteiger partial charge < -0.3 is 20.6 Å². The molecule has 0 unspecified atom stereocenters. The van der Waals surface area contributed by atoms with Crippen LogP contribution < -0.4 is 0 Å². The number of aliphatic hydroxyl groups excluding tert-OH is 1. The average molecular weight is 288 g/mol. The van der Waals surface area contributed by atoms with Crippen molar-refractivity contribution in [3.63, 3.8) is 0 Å². The minimum Gasteiger partial charge on any atom is -0.411 e. The van der Waals surface area contributed by atoms with Gasteiger partial charge in [-0.25, -0.2) is 0 Å². The molecule has 6 nitrogen and oxygen atoms in total. The summed E-state index contributed by atoms with van der Waals surface area (Å²) in [5, 5.41) is 36.1. The average Bonchev–Trinajstić information content (AvgIpc) is 2.04. The van der Waals surface area contributed by atoms with Gasteiger partial charge in [0.25, 0.3) is 0 Å². The van der Waals surface area contributed by atoms with Gasteiger partial charge in [0.15, 0.2) is 11.5 Å². The lowest BCUT2D eigenvalue weighted by Crippen LogP contribution is -2.23. The molecule has 14 heavy (non-hydrogen) atoms. The Bertz CT molecular complexity index is 202. The van der Waals surface area contributed by atoms with Crippen LogP contribution in [0.3, 0.4) is 0 Å². The van der Waals surface area contributed by atoms with E-state index in [1.165, 1.54) is 0 Å². The topological polar surface area (TPSA) is 106 Å². The highest BCUT2D eigenvalue weighted by atomic mass is 35.6. The van der Waals surface area contributed by atoms with E-state index in [-0.39, 0.29) is 5.17 Å². The fourth-order valence-corrected chi connectivity index (χ4v) is 0.117. The van der Waals surface area contributed by atoms with Crippen LogP contribution in [-0.4, -0.2) is 42.1 Å². The predicted octanol–water partition coefficient (Wildman–Crippen LogP) is 1.14. The van der Waals surface area contributed by atoms with Crippen LogP contribution in [0.1, 0.15) is 0 Å². The summed E-state index contributed by atoms with van der Waals surface area (Å²) in [6, 6.07) is 0. The number of nitrogens with zero attached hydrogens (tertiary/aromatic N) is 2. The number of alkyl halides is 3. The molecule has 0 fully saturated rings. The summed E-state index contributed by atoms with van der Waals surface area (Å²) in [4.78, 5) is 0. The smallest absolute Gasteiger partial charge is 0.240 e. The van der Waals surface area contributed by atoms with Gasteiger partial charge in [-0.2, -0.15) is 0 Å². The molecule has 0 aromatic heterocycles. The molecular weight excluding hydrogens is 282 g/mol. The highest BCUT2D eigenvalue weighted by molar-refractivity contribution is 6.79. The van der Waals surface area contributed by atoms with Gasteiger partial charge in [0.2, 0.25) is 3.79 Å². The molecular formula is C4H6Cl4N2O4. The number of halogens is 4. The third-order valence-electron chi connectivity index (χ3n) is 0.553. The van der Waals surface area contributed by atoms with Gasteiger partial charge in [0, 0.05) is 0 Å². The van der Waals surface area contributed by atoms with Crippen molar-refractivity contribution in [1.82, 2.24) is 0 Å². The van der Waals surface area contributed by atoms with Crippen LogP contribution in [0, 0.1) is 0 Å². The summed E-state index contributed by atoms with van der Waals surface area (Å²) >= 11 is 19.7. The van der Waals surface area contributed by atoms with Crippen LogP contribution in [0.15, 0.2) is 10.3 Å². The Morgan fingerprint density at radius 3 is 1.64 bits per heavy atom. The van der Waals surface area contributed by atoms with Crippen molar-refractivity contribution in [3.8, 4) is 0 Å².